The molecule has 0 bridgehead atoms. The molecule has 2 heterocycles. The summed E-state index contributed by atoms with van der Waals surface area (Å²) in [6.07, 6.45) is 5.40. The number of hydrogen-bond acceptors (Lipinski definition) is 5. The van der Waals surface area contributed by atoms with Crippen LogP contribution in [0.5, 0.6) is 0 Å². The molecular weight excluding hydrogens is 424 g/mol. The Bertz CT molecular complexity index is 1220. The van der Waals surface area contributed by atoms with Gasteiger partial charge in [0, 0.05) is 19.5 Å². The van der Waals surface area contributed by atoms with Gasteiger partial charge in [0.15, 0.2) is 17.5 Å². The fourth-order valence-corrected chi connectivity index (χ4v) is 3.94. The van der Waals surface area contributed by atoms with Crippen molar-refractivity contribution in [3.63, 3.8) is 0 Å². The highest BCUT2D eigenvalue weighted by molar-refractivity contribution is 7.89. The Kier molecular flexibility index (Phi) is 5.94. The van der Waals surface area contributed by atoms with E-state index in [9.17, 15) is 17.2 Å². The molecule has 0 saturated carbocycles. The summed E-state index contributed by atoms with van der Waals surface area (Å²) in [6, 6.07) is 9.65. The van der Waals surface area contributed by atoms with Crippen LogP contribution in [0.3, 0.4) is 0 Å². The minimum absolute atomic E-state index is 0.0150. The molecule has 0 radical (unpaired) electrons. The molecule has 0 spiro atoms. The normalized spacial score (nSPS) is 14.8. The van der Waals surface area contributed by atoms with Crippen molar-refractivity contribution in [2.45, 2.75) is 24.3 Å². The lowest BCUT2D eigenvalue weighted by Crippen LogP contribution is -2.27. The maximum absolute atomic E-state index is 13.7. The molecule has 1 aliphatic rings. The van der Waals surface area contributed by atoms with E-state index in [1.165, 1.54) is 18.2 Å². The van der Waals surface area contributed by atoms with Crippen LogP contribution in [-0.2, 0) is 23.0 Å². The molecule has 1 aromatic heterocycles. The first-order valence-electron chi connectivity index (χ1n) is 9.69. The fraction of sp³-hybridized carbons (Fsp3) is 0.238. The second-order valence-electron chi connectivity index (χ2n) is 7.32. The summed E-state index contributed by atoms with van der Waals surface area (Å²) in [5, 5.41) is 9.77. The summed E-state index contributed by atoms with van der Waals surface area (Å²) < 4.78 is 51.6. The summed E-state index contributed by atoms with van der Waals surface area (Å²) >= 11 is 0. The van der Waals surface area contributed by atoms with Crippen molar-refractivity contribution in [1.29, 1.82) is 0 Å². The van der Waals surface area contributed by atoms with Crippen LogP contribution in [0.4, 0.5) is 8.78 Å². The van der Waals surface area contributed by atoms with Gasteiger partial charge in [0.25, 0.3) is 0 Å². The van der Waals surface area contributed by atoms with Crippen LogP contribution in [0.2, 0.25) is 0 Å². The molecule has 0 aliphatic carbocycles. The third-order valence-corrected chi connectivity index (χ3v) is 5.91. The van der Waals surface area contributed by atoms with Crippen molar-refractivity contribution in [3.05, 3.63) is 83.5 Å². The van der Waals surface area contributed by atoms with E-state index in [0.29, 0.717) is 29.4 Å². The van der Waals surface area contributed by atoms with E-state index in [0.717, 1.165) is 31.6 Å². The Labute approximate surface area is 178 Å². The molecule has 2 N–H and O–H groups in total. The fourth-order valence-electron chi connectivity index (χ4n) is 3.42. The van der Waals surface area contributed by atoms with Gasteiger partial charge in [-0.15, -0.1) is 5.10 Å². The van der Waals surface area contributed by atoms with Crippen molar-refractivity contribution in [2.75, 3.05) is 13.1 Å². The van der Waals surface area contributed by atoms with Gasteiger partial charge < -0.3 is 0 Å². The molecule has 0 atom stereocenters. The first-order chi connectivity index (χ1) is 14.8. The van der Waals surface area contributed by atoms with Crippen molar-refractivity contribution < 1.29 is 17.2 Å². The van der Waals surface area contributed by atoms with E-state index >= 15 is 0 Å². The zero-order chi connectivity index (χ0) is 22.0. The van der Waals surface area contributed by atoms with Crippen LogP contribution in [0.15, 0.2) is 59.5 Å². The standard InChI is InChI=1S/C21H21F2N5O2S/c22-18-9-4-15(12-19(18)23)13-21-25-20(14-27-10-2-1-3-11-27)26-28(21)16-5-7-17(8-6-16)31(24,29)30/h1-2,4-9,12H,3,10-11,13-14H2,(H2,24,29,30). The van der Waals surface area contributed by atoms with Crippen molar-refractivity contribution in [1.82, 2.24) is 19.7 Å². The summed E-state index contributed by atoms with van der Waals surface area (Å²) in [5.74, 6) is -0.732. The van der Waals surface area contributed by atoms with Crippen LogP contribution in [-0.4, -0.2) is 41.2 Å². The number of nitrogens with zero attached hydrogens (tertiary/aromatic N) is 4. The van der Waals surface area contributed by atoms with E-state index in [-0.39, 0.29) is 11.3 Å². The molecule has 3 aromatic rings. The number of sulfonamides is 1. The maximum atomic E-state index is 13.7. The Hall–Kier alpha value is -2.95. The van der Waals surface area contributed by atoms with Crippen LogP contribution in [0.1, 0.15) is 23.6 Å². The van der Waals surface area contributed by atoms with Crippen molar-refractivity contribution in [2.24, 2.45) is 5.14 Å². The van der Waals surface area contributed by atoms with Gasteiger partial charge in [0.05, 0.1) is 17.1 Å². The molecule has 2 aromatic carbocycles. The highest BCUT2D eigenvalue weighted by atomic mass is 32.2. The monoisotopic (exact) mass is 445 g/mol. The largest absolute Gasteiger partial charge is 0.292 e. The topological polar surface area (TPSA) is 94.1 Å². The summed E-state index contributed by atoms with van der Waals surface area (Å²) in [5.41, 5.74) is 1.13. The Morgan fingerprint density at radius 3 is 2.45 bits per heavy atom. The zero-order valence-corrected chi connectivity index (χ0v) is 17.4. The molecule has 31 heavy (non-hydrogen) atoms. The van der Waals surface area contributed by atoms with Gasteiger partial charge in [0.2, 0.25) is 10.0 Å². The van der Waals surface area contributed by atoms with Crippen LogP contribution in [0, 0.1) is 11.6 Å². The number of benzene rings is 2. The number of nitrogens with two attached hydrogens (primary N) is 1. The van der Waals surface area contributed by atoms with E-state index in [4.69, 9.17) is 5.14 Å². The van der Waals surface area contributed by atoms with Gasteiger partial charge in [-0.05, 0) is 48.4 Å². The number of rotatable bonds is 6. The van der Waals surface area contributed by atoms with Gasteiger partial charge in [0.1, 0.15) is 5.82 Å². The first kappa shape index (κ1) is 21.3. The van der Waals surface area contributed by atoms with E-state index in [2.05, 4.69) is 27.1 Å². The van der Waals surface area contributed by atoms with Gasteiger partial charge in [-0.25, -0.2) is 32.0 Å². The lowest BCUT2D eigenvalue weighted by atomic mass is 10.1. The van der Waals surface area contributed by atoms with E-state index < -0.39 is 21.7 Å². The minimum Gasteiger partial charge on any atom is -0.292 e. The average Bonchev–Trinajstić information content (AvgIpc) is 3.13. The highest BCUT2D eigenvalue weighted by Crippen LogP contribution is 2.18. The van der Waals surface area contributed by atoms with E-state index in [1.54, 1.807) is 16.8 Å². The third kappa shape index (κ3) is 5.04. The minimum atomic E-state index is -3.82. The summed E-state index contributed by atoms with van der Waals surface area (Å²) in [4.78, 5) is 6.81. The van der Waals surface area contributed by atoms with Gasteiger partial charge >= 0.3 is 0 Å². The van der Waals surface area contributed by atoms with Gasteiger partial charge in [-0.2, -0.15) is 0 Å². The lowest BCUT2D eigenvalue weighted by Gasteiger charge is -2.20. The smallest absolute Gasteiger partial charge is 0.238 e. The molecule has 0 saturated heterocycles. The molecule has 0 unspecified atom stereocenters. The third-order valence-electron chi connectivity index (χ3n) is 4.98. The Balaban J connectivity index is 1.68. The van der Waals surface area contributed by atoms with Crippen LogP contribution >= 0.6 is 0 Å². The number of aromatic nitrogens is 3. The Morgan fingerprint density at radius 2 is 1.81 bits per heavy atom. The van der Waals surface area contributed by atoms with Gasteiger partial charge in [-0.3, -0.25) is 4.90 Å². The summed E-state index contributed by atoms with van der Waals surface area (Å²) in [7, 11) is -3.82. The van der Waals surface area contributed by atoms with Crippen molar-refractivity contribution in [3.8, 4) is 5.69 Å². The van der Waals surface area contributed by atoms with E-state index in [1.807, 2.05) is 0 Å². The molecule has 1 aliphatic heterocycles. The lowest BCUT2D eigenvalue weighted by molar-refractivity contribution is 0.283. The molecule has 162 valence electrons. The highest BCUT2D eigenvalue weighted by Gasteiger charge is 2.17. The van der Waals surface area contributed by atoms with Gasteiger partial charge in [-0.1, -0.05) is 18.2 Å². The maximum Gasteiger partial charge on any atom is 0.238 e. The molecule has 4 rings (SSSR count). The second-order valence-corrected chi connectivity index (χ2v) is 8.88. The quantitative estimate of drug-likeness (QED) is 0.589. The van der Waals surface area contributed by atoms with Crippen LogP contribution < -0.4 is 5.14 Å². The zero-order valence-electron chi connectivity index (χ0n) is 16.6. The predicted molar refractivity (Wildman–Crippen MR) is 111 cm³/mol. The summed E-state index contributed by atoms with van der Waals surface area (Å²) in [6.45, 7) is 2.24. The molecule has 0 fully saturated rings. The number of primary sulfonamides is 1. The molecular formula is C21H21F2N5O2S. The van der Waals surface area contributed by atoms with Crippen LogP contribution in [0.25, 0.3) is 5.69 Å². The van der Waals surface area contributed by atoms with Crippen molar-refractivity contribution >= 4 is 10.0 Å². The average molecular weight is 445 g/mol. The molecule has 0 amide bonds. The Morgan fingerprint density at radius 1 is 1.03 bits per heavy atom. The molecule has 7 nitrogen and oxygen atoms in total. The molecule has 10 heteroatoms. The predicted octanol–water partition coefficient (Wildman–Crippen LogP) is 2.55. The SMILES string of the molecule is NS(=O)(=O)c1ccc(-n2nc(CN3CC=CCC3)nc2Cc2ccc(F)c(F)c2)cc1. The number of halogens is 2. The number of hydrogen-bond donors (Lipinski definition) is 1. The second kappa shape index (κ2) is 8.66. The first-order valence-corrected chi connectivity index (χ1v) is 11.2.